The van der Waals surface area contributed by atoms with Gasteiger partial charge in [-0.3, -0.25) is 0 Å². The van der Waals surface area contributed by atoms with Crippen LogP contribution in [0.5, 0.6) is 0 Å². The average Bonchev–Trinajstić information content (AvgIpc) is 3.01. The number of hydrogen-bond acceptors (Lipinski definition) is 4. The highest BCUT2D eigenvalue weighted by Crippen LogP contribution is 2.24. The Bertz CT molecular complexity index is 612. The molecule has 3 N–H and O–H groups in total. The van der Waals surface area contributed by atoms with Gasteiger partial charge in [0.1, 0.15) is 5.60 Å². The third-order valence-electron chi connectivity index (χ3n) is 3.14. The van der Waals surface area contributed by atoms with Gasteiger partial charge in [-0.25, -0.2) is 4.79 Å². The smallest absolute Gasteiger partial charge is 0.319 e. The summed E-state index contributed by atoms with van der Waals surface area (Å²) in [5.41, 5.74) is 0.849. The standard InChI is InChI=1S/C16H20N2O2S2/c1-16(20,14-7-4-8-22-14)11-17-15(19)18-13-6-3-5-12(9-13)10-21-2/h3-9,20H,10-11H2,1-2H3,(H2,17,18,19)/t16-/m0/s1. The first-order valence-corrected chi connectivity index (χ1v) is 9.18. The third-order valence-corrected chi connectivity index (χ3v) is 4.89. The minimum atomic E-state index is -1.06. The maximum atomic E-state index is 12.0. The largest absolute Gasteiger partial charge is 0.383 e. The molecule has 0 bridgehead atoms. The van der Waals surface area contributed by atoms with Crippen molar-refractivity contribution >= 4 is 34.8 Å². The molecule has 2 aromatic rings. The van der Waals surface area contributed by atoms with Crippen LogP contribution >= 0.6 is 23.1 Å². The van der Waals surface area contributed by atoms with Crippen molar-refractivity contribution in [1.82, 2.24) is 5.32 Å². The summed E-state index contributed by atoms with van der Waals surface area (Å²) < 4.78 is 0. The number of urea groups is 1. The second-order valence-electron chi connectivity index (χ2n) is 5.19. The molecule has 118 valence electrons. The van der Waals surface area contributed by atoms with Crippen LogP contribution in [-0.2, 0) is 11.4 Å². The minimum absolute atomic E-state index is 0.157. The molecule has 0 aliphatic rings. The Morgan fingerprint density at radius 3 is 2.86 bits per heavy atom. The van der Waals surface area contributed by atoms with E-state index < -0.39 is 5.60 Å². The van der Waals surface area contributed by atoms with Crippen LogP contribution in [-0.4, -0.2) is 23.9 Å². The Morgan fingerprint density at radius 1 is 1.36 bits per heavy atom. The van der Waals surface area contributed by atoms with Crippen molar-refractivity contribution in [1.29, 1.82) is 0 Å². The molecule has 0 unspecified atom stereocenters. The molecular weight excluding hydrogens is 316 g/mol. The van der Waals surface area contributed by atoms with Gasteiger partial charge >= 0.3 is 6.03 Å². The molecule has 0 aliphatic heterocycles. The molecule has 1 aromatic heterocycles. The van der Waals surface area contributed by atoms with Crippen molar-refractivity contribution in [3.8, 4) is 0 Å². The van der Waals surface area contributed by atoms with Gasteiger partial charge < -0.3 is 15.7 Å². The van der Waals surface area contributed by atoms with Crippen molar-refractivity contribution in [2.75, 3.05) is 18.1 Å². The normalized spacial score (nSPS) is 13.4. The Kier molecular flexibility index (Phi) is 5.88. The number of nitrogens with one attached hydrogen (secondary N) is 2. The Morgan fingerprint density at radius 2 is 2.18 bits per heavy atom. The van der Waals surface area contributed by atoms with Gasteiger partial charge in [-0.05, 0) is 42.3 Å². The van der Waals surface area contributed by atoms with Gasteiger partial charge in [0.25, 0.3) is 0 Å². The fourth-order valence-electron chi connectivity index (χ4n) is 2.01. The summed E-state index contributed by atoms with van der Waals surface area (Å²) in [5, 5.41) is 17.8. The molecule has 1 aromatic carbocycles. The van der Waals surface area contributed by atoms with Crippen molar-refractivity contribution in [2.45, 2.75) is 18.3 Å². The summed E-state index contributed by atoms with van der Waals surface area (Å²) in [6.07, 6.45) is 2.04. The van der Waals surface area contributed by atoms with E-state index in [0.717, 1.165) is 21.9 Å². The van der Waals surface area contributed by atoms with E-state index in [9.17, 15) is 9.90 Å². The number of anilines is 1. The van der Waals surface area contributed by atoms with Gasteiger partial charge in [0.15, 0.2) is 0 Å². The first-order valence-electron chi connectivity index (χ1n) is 6.90. The van der Waals surface area contributed by atoms with Gasteiger partial charge in [0.2, 0.25) is 0 Å². The number of aliphatic hydroxyl groups is 1. The summed E-state index contributed by atoms with van der Waals surface area (Å²) in [4.78, 5) is 12.8. The number of benzene rings is 1. The Labute approximate surface area is 138 Å². The van der Waals surface area contributed by atoms with E-state index in [0.29, 0.717) is 0 Å². The second kappa shape index (κ2) is 7.67. The number of thiophene rings is 1. The van der Waals surface area contributed by atoms with Crippen molar-refractivity contribution in [3.63, 3.8) is 0 Å². The molecule has 0 spiro atoms. The number of rotatable bonds is 6. The minimum Gasteiger partial charge on any atom is -0.383 e. The first-order chi connectivity index (χ1) is 10.5. The van der Waals surface area contributed by atoms with Crippen LogP contribution in [0.15, 0.2) is 41.8 Å². The van der Waals surface area contributed by atoms with Gasteiger partial charge in [0, 0.05) is 16.3 Å². The molecule has 0 aliphatic carbocycles. The predicted octanol–water partition coefficient (Wildman–Crippen LogP) is 3.64. The molecule has 0 saturated carbocycles. The molecule has 4 nitrogen and oxygen atoms in total. The topological polar surface area (TPSA) is 61.4 Å². The predicted molar refractivity (Wildman–Crippen MR) is 94.6 cm³/mol. The van der Waals surface area contributed by atoms with Crippen LogP contribution in [0, 0.1) is 0 Å². The molecule has 1 heterocycles. The summed E-state index contributed by atoms with van der Waals surface area (Å²) in [5.74, 6) is 0.907. The van der Waals surface area contributed by atoms with E-state index in [-0.39, 0.29) is 12.6 Å². The molecule has 2 rings (SSSR count). The maximum Gasteiger partial charge on any atom is 0.319 e. The highest BCUT2D eigenvalue weighted by molar-refractivity contribution is 7.97. The lowest BCUT2D eigenvalue weighted by Gasteiger charge is -2.22. The molecule has 0 fully saturated rings. The lowest BCUT2D eigenvalue weighted by molar-refractivity contribution is 0.0637. The zero-order chi connectivity index (χ0) is 16.0. The SMILES string of the molecule is CSCc1cccc(NC(=O)NC[C@](C)(O)c2cccs2)c1. The fourth-order valence-corrected chi connectivity index (χ4v) is 3.31. The van der Waals surface area contributed by atoms with Crippen LogP contribution in [0.1, 0.15) is 17.4 Å². The van der Waals surface area contributed by atoms with E-state index in [1.54, 1.807) is 18.7 Å². The van der Waals surface area contributed by atoms with Crippen LogP contribution in [0.3, 0.4) is 0 Å². The Balaban J connectivity index is 1.89. The van der Waals surface area contributed by atoms with Gasteiger partial charge in [0.05, 0.1) is 6.54 Å². The van der Waals surface area contributed by atoms with Gasteiger partial charge in [-0.1, -0.05) is 18.2 Å². The fraction of sp³-hybridized carbons (Fsp3) is 0.312. The monoisotopic (exact) mass is 336 g/mol. The molecule has 0 radical (unpaired) electrons. The average molecular weight is 336 g/mol. The maximum absolute atomic E-state index is 12.0. The van der Waals surface area contributed by atoms with E-state index in [1.807, 2.05) is 48.0 Å². The number of amides is 2. The van der Waals surface area contributed by atoms with Crippen molar-refractivity contribution in [2.24, 2.45) is 0 Å². The highest BCUT2D eigenvalue weighted by atomic mass is 32.2. The van der Waals surface area contributed by atoms with Gasteiger partial charge in [-0.15, -0.1) is 11.3 Å². The third kappa shape index (κ3) is 4.76. The Hall–Kier alpha value is -1.50. The highest BCUT2D eigenvalue weighted by Gasteiger charge is 2.24. The van der Waals surface area contributed by atoms with Crippen LogP contribution in [0.25, 0.3) is 0 Å². The molecular formula is C16H20N2O2S2. The zero-order valence-electron chi connectivity index (χ0n) is 12.6. The van der Waals surface area contributed by atoms with E-state index in [4.69, 9.17) is 0 Å². The summed E-state index contributed by atoms with van der Waals surface area (Å²) in [6.45, 7) is 1.85. The van der Waals surface area contributed by atoms with Crippen LogP contribution in [0.4, 0.5) is 10.5 Å². The molecule has 22 heavy (non-hydrogen) atoms. The lowest BCUT2D eigenvalue weighted by atomic mass is 10.1. The van der Waals surface area contributed by atoms with E-state index in [1.165, 1.54) is 11.3 Å². The summed E-state index contributed by atoms with van der Waals surface area (Å²) in [7, 11) is 0. The first kappa shape index (κ1) is 16.9. The van der Waals surface area contributed by atoms with Crippen molar-refractivity contribution < 1.29 is 9.90 Å². The van der Waals surface area contributed by atoms with Crippen LogP contribution < -0.4 is 10.6 Å². The number of carbonyl (C=O) groups is 1. The second-order valence-corrected chi connectivity index (χ2v) is 7.01. The molecule has 1 atom stereocenters. The molecule has 6 heteroatoms. The quantitative estimate of drug-likeness (QED) is 0.755. The van der Waals surface area contributed by atoms with Crippen LogP contribution in [0.2, 0.25) is 0 Å². The van der Waals surface area contributed by atoms with Gasteiger partial charge in [-0.2, -0.15) is 11.8 Å². The summed E-state index contributed by atoms with van der Waals surface area (Å²) >= 11 is 3.20. The summed E-state index contributed by atoms with van der Waals surface area (Å²) in [6, 6.07) is 11.2. The number of thioether (sulfide) groups is 1. The number of carbonyl (C=O) groups excluding carboxylic acids is 1. The molecule has 0 saturated heterocycles. The number of hydrogen-bond donors (Lipinski definition) is 3. The zero-order valence-corrected chi connectivity index (χ0v) is 14.3. The lowest BCUT2D eigenvalue weighted by Crippen LogP contribution is -2.40. The van der Waals surface area contributed by atoms with E-state index >= 15 is 0 Å². The van der Waals surface area contributed by atoms with Crippen molar-refractivity contribution in [3.05, 3.63) is 52.2 Å². The molecule has 2 amide bonds. The van der Waals surface area contributed by atoms with E-state index in [2.05, 4.69) is 10.6 Å².